The van der Waals surface area contributed by atoms with Crippen LogP contribution in [-0.4, -0.2) is 55.5 Å². The van der Waals surface area contributed by atoms with Gasteiger partial charge in [-0.05, 0) is 56.8 Å². The molecule has 5 nitrogen and oxygen atoms in total. The van der Waals surface area contributed by atoms with Gasteiger partial charge in [0.05, 0.1) is 12.3 Å². The number of nitrogens with one attached hydrogen (secondary N) is 1. The van der Waals surface area contributed by atoms with Crippen molar-refractivity contribution in [1.29, 1.82) is 0 Å². The van der Waals surface area contributed by atoms with Gasteiger partial charge in [-0.15, -0.1) is 24.0 Å². The van der Waals surface area contributed by atoms with Crippen LogP contribution in [0.3, 0.4) is 0 Å². The Morgan fingerprint density at radius 3 is 2.72 bits per heavy atom. The van der Waals surface area contributed by atoms with Crippen molar-refractivity contribution in [2.45, 2.75) is 45.1 Å². The quantitative estimate of drug-likeness (QED) is 0.423. The number of aliphatic imine (C=N–C) groups is 1. The zero-order chi connectivity index (χ0) is 16.8. The summed E-state index contributed by atoms with van der Waals surface area (Å²) in [5.41, 5.74) is 0. The number of hydrogen-bond acceptors (Lipinski definition) is 3. The van der Waals surface area contributed by atoms with Crippen LogP contribution in [-0.2, 0) is 0 Å². The summed E-state index contributed by atoms with van der Waals surface area (Å²) in [6.45, 7) is 7.72. The third kappa shape index (κ3) is 5.61. The highest BCUT2D eigenvalue weighted by atomic mass is 127. The summed E-state index contributed by atoms with van der Waals surface area (Å²) < 4.78 is 5.74. The number of furan rings is 1. The van der Waals surface area contributed by atoms with Gasteiger partial charge in [0.25, 0.3) is 0 Å². The van der Waals surface area contributed by atoms with Gasteiger partial charge in [0.2, 0.25) is 0 Å². The fourth-order valence-corrected chi connectivity index (χ4v) is 4.02. The molecule has 0 saturated carbocycles. The van der Waals surface area contributed by atoms with E-state index in [2.05, 4.69) is 33.1 Å². The number of hydrogen-bond donors (Lipinski definition) is 1. The molecule has 2 fully saturated rings. The summed E-state index contributed by atoms with van der Waals surface area (Å²) in [7, 11) is 1.89. The molecule has 3 heterocycles. The summed E-state index contributed by atoms with van der Waals surface area (Å²) in [4.78, 5) is 9.49. The Kier molecular flexibility index (Phi) is 8.55. The normalized spacial score (nSPS) is 23.8. The standard InChI is InChI=1S/C19H32N4O.HI/c1-16-8-6-12-23(15-16)19(20-2)21-14-17(18-9-7-13-24-18)22-10-4-3-5-11-22;/h7,9,13,16-17H,3-6,8,10-12,14-15H2,1-2H3,(H,20,21);1H. The van der Waals surface area contributed by atoms with Gasteiger partial charge >= 0.3 is 0 Å². The van der Waals surface area contributed by atoms with Crippen molar-refractivity contribution in [2.75, 3.05) is 39.8 Å². The van der Waals surface area contributed by atoms with E-state index in [1.165, 1.54) is 32.1 Å². The molecule has 3 rings (SSSR count). The van der Waals surface area contributed by atoms with E-state index in [-0.39, 0.29) is 24.0 Å². The number of nitrogens with zero attached hydrogens (tertiary/aromatic N) is 3. The minimum Gasteiger partial charge on any atom is -0.468 e. The van der Waals surface area contributed by atoms with Gasteiger partial charge in [-0.2, -0.15) is 0 Å². The topological polar surface area (TPSA) is 44.0 Å². The summed E-state index contributed by atoms with van der Waals surface area (Å²) in [6.07, 6.45) is 8.30. The van der Waals surface area contributed by atoms with Gasteiger partial charge in [0.1, 0.15) is 5.76 Å². The second kappa shape index (κ2) is 10.4. The van der Waals surface area contributed by atoms with Crippen molar-refractivity contribution >= 4 is 29.9 Å². The van der Waals surface area contributed by atoms with Crippen LogP contribution in [0.2, 0.25) is 0 Å². The highest BCUT2D eigenvalue weighted by Crippen LogP contribution is 2.24. The minimum absolute atomic E-state index is 0. The van der Waals surface area contributed by atoms with Gasteiger partial charge in [-0.25, -0.2) is 0 Å². The van der Waals surface area contributed by atoms with Crippen LogP contribution < -0.4 is 5.32 Å². The third-order valence-corrected chi connectivity index (χ3v) is 5.32. The number of halogens is 1. The maximum atomic E-state index is 5.74. The van der Waals surface area contributed by atoms with Crippen LogP contribution in [0.25, 0.3) is 0 Å². The van der Waals surface area contributed by atoms with E-state index in [0.717, 1.165) is 50.4 Å². The van der Waals surface area contributed by atoms with Gasteiger partial charge in [-0.3, -0.25) is 9.89 Å². The first-order valence-electron chi connectivity index (χ1n) is 9.51. The summed E-state index contributed by atoms with van der Waals surface area (Å²) >= 11 is 0. The first-order chi connectivity index (χ1) is 11.8. The van der Waals surface area contributed by atoms with Crippen molar-refractivity contribution < 1.29 is 4.42 Å². The predicted octanol–water partition coefficient (Wildman–Crippen LogP) is 3.73. The smallest absolute Gasteiger partial charge is 0.193 e. The molecule has 1 aromatic heterocycles. The number of likely N-dealkylation sites (tertiary alicyclic amines) is 2. The fourth-order valence-electron chi connectivity index (χ4n) is 4.02. The van der Waals surface area contributed by atoms with Crippen molar-refractivity contribution in [1.82, 2.24) is 15.1 Å². The molecule has 142 valence electrons. The van der Waals surface area contributed by atoms with Gasteiger partial charge in [-0.1, -0.05) is 13.3 Å². The van der Waals surface area contributed by atoms with Crippen LogP contribution >= 0.6 is 24.0 Å². The Hall–Kier alpha value is -0.760. The second-order valence-corrected chi connectivity index (χ2v) is 7.25. The second-order valence-electron chi connectivity index (χ2n) is 7.25. The third-order valence-electron chi connectivity index (χ3n) is 5.32. The first-order valence-corrected chi connectivity index (χ1v) is 9.51. The molecule has 1 N–H and O–H groups in total. The van der Waals surface area contributed by atoms with Crippen LogP contribution in [0.5, 0.6) is 0 Å². The highest BCUT2D eigenvalue weighted by molar-refractivity contribution is 14.0. The van der Waals surface area contributed by atoms with Crippen molar-refractivity contribution in [3.8, 4) is 0 Å². The average molecular weight is 460 g/mol. The zero-order valence-electron chi connectivity index (χ0n) is 15.6. The predicted molar refractivity (Wildman–Crippen MR) is 114 cm³/mol. The Labute approximate surface area is 169 Å². The van der Waals surface area contributed by atoms with E-state index in [0.29, 0.717) is 6.04 Å². The maximum Gasteiger partial charge on any atom is 0.193 e. The molecular weight excluding hydrogens is 427 g/mol. The van der Waals surface area contributed by atoms with E-state index in [4.69, 9.17) is 4.42 Å². The van der Waals surface area contributed by atoms with E-state index >= 15 is 0 Å². The molecule has 1 aromatic rings. The van der Waals surface area contributed by atoms with E-state index in [9.17, 15) is 0 Å². The van der Waals surface area contributed by atoms with Crippen LogP contribution in [0.4, 0.5) is 0 Å². The van der Waals surface area contributed by atoms with Crippen molar-refractivity contribution in [3.05, 3.63) is 24.2 Å². The molecule has 25 heavy (non-hydrogen) atoms. The molecule has 2 unspecified atom stereocenters. The molecule has 0 amide bonds. The molecule has 0 aromatic carbocycles. The Morgan fingerprint density at radius 1 is 1.28 bits per heavy atom. The highest BCUT2D eigenvalue weighted by Gasteiger charge is 2.26. The fraction of sp³-hybridized carbons (Fsp3) is 0.737. The lowest BCUT2D eigenvalue weighted by Crippen LogP contribution is -2.49. The van der Waals surface area contributed by atoms with Crippen LogP contribution in [0.15, 0.2) is 27.8 Å². The molecule has 0 spiro atoms. The molecule has 2 aliphatic rings. The molecule has 2 aliphatic heterocycles. The number of piperidine rings is 2. The Balaban J connectivity index is 0.00000225. The average Bonchev–Trinajstić information content (AvgIpc) is 3.14. The monoisotopic (exact) mass is 460 g/mol. The Morgan fingerprint density at radius 2 is 2.08 bits per heavy atom. The Bertz CT molecular complexity index is 514. The lowest BCUT2D eigenvalue weighted by molar-refractivity contribution is 0.145. The maximum absolute atomic E-state index is 5.74. The largest absolute Gasteiger partial charge is 0.468 e. The minimum atomic E-state index is 0. The van der Waals surface area contributed by atoms with Gasteiger partial charge in [0, 0.05) is 26.7 Å². The lowest BCUT2D eigenvalue weighted by Gasteiger charge is -2.36. The molecule has 6 heteroatoms. The SMILES string of the molecule is CN=C(NCC(c1ccco1)N1CCCCC1)N1CCCC(C)C1.I. The zero-order valence-corrected chi connectivity index (χ0v) is 17.9. The van der Waals surface area contributed by atoms with Crippen molar-refractivity contribution in [2.24, 2.45) is 10.9 Å². The molecule has 2 saturated heterocycles. The summed E-state index contributed by atoms with van der Waals surface area (Å²) in [5, 5.41) is 3.62. The molecule has 0 bridgehead atoms. The van der Waals surface area contributed by atoms with E-state index < -0.39 is 0 Å². The lowest BCUT2D eigenvalue weighted by atomic mass is 10.0. The van der Waals surface area contributed by atoms with E-state index in [1.807, 2.05) is 13.1 Å². The number of rotatable bonds is 4. The first kappa shape index (κ1) is 20.6. The van der Waals surface area contributed by atoms with E-state index in [1.54, 1.807) is 6.26 Å². The number of guanidine groups is 1. The molecule has 2 atom stereocenters. The van der Waals surface area contributed by atoms with Crippen molar-refractivity contribution in [3.63, 3.8) is 0 Å². The van der Waals surface area contributed by atoms with Crippen LogP contribution in [0, 0.1) is 5.92 Å². The van der Waals surface area contributed by atoms with Crippen LogP contribution in [0.1, 0.15) is 50.8 Å². The summed E-state index contributed by atoms with van der Waals surface area (Å²) in [6, 6.07) is 4.39. The summed E-state index contributed by atoms with van der Waals surface area (Å²) in [5.74, 6) is 2.85. The molecule has 0 radical (unpaired) electrons. The molecule has 0 aliphatic carbocycles. The van der Waals surface area contributed by atoms with Gasteiger partial charge < -0.3 is 14.6 Å². The van der Waals surface area contributed by atoms with Gasteiger partial charge in [0.15, 0.2) is 5.96 Å². The molecular formula is C19H33IN4O.